The number of ketones is 1. The zero-order valence-electron chi connectivity index (χ0n) is 12.2. The quantitative estimate of drug-likeness (QED) is 0.539. The van der Waals surface area contributed by atoms with Crippen LogP contribution in [0, 0.1) is 0 Å². The molecule has 0 bridgehead atoms. The van der Waals surface area contributed by atoms with E-state index in [1.165, 1.54) is 38.5 Å². The molecule has 1 aromatic heterocycles. The largest absolute Gasteiger partial charge is 0.300 e. The molecule has 0 aliphatic heterocycles. The molecule has 0 N–H and O–H groups in total. The first kappa shape index (κ1) is 15.9. The molecular weight excluding hydrogens is 234 g/mol. The smallest absolute Gasteiger partial charge is 0.133 e. The monoisotopic (exact) mass is 261 g/mol. The topological polar surface area (TPSA) is 30.0 Å². The zero-order valence-corrected chi connectivity index (χ0v) is 12.2. The average molecular weight is 261 g/mol. The molecule has 106 valence electrons. The summed E-state index contributed by atoms with van der Waals surface area (Å²) in [5.74, 6) is 0.400. The molecule has 0 radical (unpaired) electrons. The van der Waals surface area contributed by atoms with E-state index in [1.54, 1.807) is 6.20 Å². The summed E-state index contributed by atoms with van der Waals surface area (Å²) in [6.45, 7) is 2.24. The van der Waals surface area contributed by atoms with Crippen molar-refractivity contribution in [3.8, 4) is 0 Å². The van der Waals surface area contributed by atoms with Crippen LogP contribution in [0.15, 0.2) is 24.5 Å². The third-order valence-electron chi connectivity index (χ3n) is 3.47. The van der Waals surface area contributed by atoms with Crippen LogP contribution in [-0.4, -0.2) is 10.8 Å². The minimum Gasteiger partial charge on any atom is -0.300 e. The molecule has 2 heteroatoms. The van der Waals surface area contributed by atoms with Crippen LogP contribution in [0.2, 0.25) is 0 Å². The van der Waals surface area contributed by atoms with Gasteiger partial charge in [0.1, 0.15) is 5.78 Å². The van der Waals surface area contributed by atoms with Gasteiger partial charge < -0.3 is 0 Å². The van der Waals surface area contributed by atoms with E-state index in [2.05, 4.69) is 11.9 Å². The van der Waals surface area contributed by atoms with Crippen molar-refractivity contribution in [2.75, 3.05) is 0 Å². The molecule has 0 aromatic carbocycles. The highest BCUT2D eigenvalue weighted by molar-refractivity contribution is 5.78. The molecule has 0 spiro atoms. The van der Waals surface area contributed by atoms with E-state index in [-0.39, 0.29) is 0 Å². The number of aryl methyl sites for hydroxylation is 1. The predicted molar refractivity (Wildman–Crippen MR) is 80.2 cm³/mol. The summed E-state index contributed by atoms with van der Waals surface area (Å²) in [7, 11) is 0. The minimum absolute atomic E-state index is 0.400. The molecule has 1 aromatic rings. The van der Waals surface area contributed by atoms with E-state index in [1.807, 2.05) is 18.3 Å². The SMILES string of the molecule is CCCCCCCCCC(=O)CCc1cccnc1. The van der Waals surface area contributed by atoms with Crippen LogP contribution in [0.4, 0.5) is 0 Å². The fourth-order valence-electron chi connectivity index (χ4n) is 2.23. The van der Waals surface area contributed by atoms with Crippen molar-refractivity contribution in [1.82, 2.24) is 4.98 Å². The summed E-state index contributed by atoms with van der Waals surface area (Å²) >= 11 is 0. The van der Waals surface area contributed by atoms with Gasteiger partial charge in [-0.2, -0.15) is 0 Å². The second kappa shape index (κ2) is 10.7. The van der Waals surface area contributed by atoms with E-state index in [0.29, 0.717) is 12.2 Å². The van der Waals surface area contributed by atoms with Gasteiger partial charge in [0.25, 0.3) is 0 Å². The Kier molecular flexibility index (Phi) is 8.95. The number of hydrogen-bond acceptors (Lipinski definition) is 2. The lowest BCUT2D eigenvalue weighted by atomic mass is 10.0. The Morgan fingerprint density at radius 3 is 2.47 bits per heavy atom. The van der Waals surface area contributed by atoms with Gasteiger partial charge in [-0.25, -0.2) is 0 Å². The van der Waals surface area contributed by atoms with Gasteiger partial charge in [-0.3, -0.25) is 9.78 Å². The van der Waals surface area contributed by atoms with Crippen LogP contribution in [0.3, 0.4) is 0 Å². The van der Waals surface area contributed by atoms with Crippen molar-refractivity contribution < 1.29 is 4.79 Å². The molecule has 0 atom stereocenters. The maximum absolute atomic E-state index is 11.7. The van der Waals surface area contributed by atoms with Crippen molar-refractivity contribution in [2.24, 2.45) is 0 Å². The molecule has 2 nitrogen and oxygen atoms in total. The number of aromatic nitrogens is 1. The summed E-state index contributed by atoms with van der Waals surface area (Å²) in [5.41, 5.74) is 1.16. The van der Waals surface area contributed by atoms with Crippen LogP contribution < -0.4 is 0 Å². The molecule has 0 unspecified atom stereocenters. The molecule has 1 rings (SSSR count). The Bertz CT molecular complexity index is 334. The second-order valence-electron chi connectivity index (χ2n) is 5.27. The minimum atomic E-state index is 0.400. The van der Waals surface area contributed by atoms with Gasteiger partial charge in [0.05, 0.1) is 0 Å². The summed E-state index contributed by atoms with van der Waals surface area (Å²) in [6.07, 6.45) is 14.8. The van der Waals surface area contributed by atoms with Gasteiger partial charge in [-0.15, -0.1) is 0 Å². The van der Waals surface area contributed by atoms with Gasteiger partial charge >= 0.3 is 0 Å². The molecule has 0 amide bonds. The van der Waals surface area contributed by atoms with Gasteiger partial charge in [-0.05, 0) is 24.5 Å². The number of Topliss-reactive ketones (excluding diaryl/α,β-unsaturated/α-hetero) is 1. The maximum atomic E-state index is 11.7. The zero-order chi connectivity index (χ0) is 13.8. The highest BCUT2D eigenvalue weighted by Crippen LogP contribution is 2.10. The Morgan fingerprint density at radius 1 is 1.05 bits per heavy atom. The van der Waals surface area contributed by atoms with Gasteiger partial charge in [0.2, 0.25) is 0 Å². The highest BCUT2D eigenvalue weighted by Gasteiger charge is 2.02. The van der Waals surface area contributed by atoms with E-state index < -0.39 is 0 Å². The number of carbonyl (C=O) groups excluding carboxylic acids is 1. The third-order valence-corrected chi connectivity index (χ3v) is 3.47. The summed E-state index contributed by atoms with van der Waals surface area (Å²) in [5, 5.41) is 0. The number of carbonyl (C=O) groups is 1. The number of unbranched alkanes of at least 4 members (excludes halogenated alkanes) is 6. The second-order valence-corrected chi connectivity index (χ2v) is 5.27. The van der Waals surface area contributed by atoms with E-state index in [0.717, 1.165) is 24.8 Å². The lowest BCUT2D eigenvalue weighted by Gasteiger charge is -2.02. The van der Waals surface area contributed by atoms with Crippen LogP contribution in [0.5, 0.6) is 0 Å². The van der Waals surface area contributed by atoms with Crippen molar-refractivity contribution in [1.29, 1.82) is 0 Å². The molecule has 0 saturated carbocycles. The van der Waals surface area contributed by atoms with Gasteiger partial charge in [0.15, 0.2) is 0 Å². The highest BCUT2D eigenvalue weighted by atomic mass is 16.1. The maximum Gasteiger partial charge on any atom is 0.133 e. The predicted octanol–water partition coefficient (Wildman–Crippen LogP) is 4.72. The molecule has 0 fully saturated rings. The first-order valence-electron chi connectivity index (χ1n) is 7.73. The molecule has 1 heterocycles. The Labute approximate surface area is 117 Å². The summed E-state index contributed by atoms with van der Waals surface area (Å²) in [6, 6.07) is 3.96. The molecular formula is C17H27NO. The van der Waals surface area contributed by atoms with Gasteiger partial charge in [0, 0.05) is 25.2 Å². The third kappa shape index (κ3) is 8.52. The molecule has 19 heavy (non-hydrogen) atoms. The average Bonchev–Trinajstić information content (AvgIpc) is 2.45. The van der Waals surface area contributed by atoms with Crippen molar-refractivity contribution >= 4 is 5.78 Å². The van der Waals surface area contributed by atoms with Crippen LogP contribution in [-0.2, 0) is 11.2 Å². The molecule has 0 saturated heterocycles. The Morgan fingerprint density at radius 2 is 1.79 bits per heavy atom. The number of pyridine rings is 1. The lowest BCUT2D eigenvalue weighted by molar-refractivity contribution is -0.119. The van der Waals surface area contributed by atoms with Gasteiger partial charge in [-0.1, -0.05) is 51.5 Å². The number of rotatable bonds is 11. The fourth-order valence-corrected chi connectivity index (χ4v) is 2.23. The van der Waals surface area contributed by atoms with Crippen molar-refractivity contribution in [2.45, 2.75) is 71.1 Å². The van der Waals surface area contributed by atoms with E-state index in [4.69, 9.17) is 0 Å². The van der Waals surface area contributed by atoms with Crippen molar-refractivity contribution in [3.05, 3.63) is 30.1 Å². The van der Waals surface area contributed by atoms with Crippen LogP contribution in [0.25, 0.3) is 0 Å². The normalized spacial score (nSPS) is 10.6. The van der Waals surface area contributed by atoms with Crippen LogP contribution >= 0.6 is 0 Å². The number of nitrogens with zero attached hydrogens (tertiary/aromatic N) is 1. The lowest BCUT2D eigenvalue weighted by Crippen LogP contribution is -2.00. The standard InChI is InChI=1S/C17H27NO/c1-2-3-4-5-6-7-8-11-17(19)13-12-16-10-9-14-18-15-16/h9-10,14-15H,2-8,11-13H2,1H3. The Hall–Kier alpha value is -1.18. The van der Waals surface area contributed by atoms with E-state index >= 15 is 0 Å². The van der Waals surface area contributed by atoms with E-state index in [9.17, 15) is 4.79 Å². The van der Waals surface area contributed by atoms with Crippen LogP contribution in [0.1, 0.15) is 70.3 Å². The Balaban J connectivity index is 1.96. The number of hydrogen-bond donors (Lipinski definition) is 0. The summed E-state index contributed by atoms with van der Waals surface area (Å²) in [4.78, 5) is 15.8. The first-order valence-corrected chi connectivity index (χ1v) is 7.73. The molecule has 0 aliphatic rings. The fraction of sp³-hybridized carbons (Fsp3) is 0.647. The summed E-state index contributed by atoms with van der Waals surface area (Å²) < 4.78 is 0. The van der Waals surface area contributed by atoms with Crippen molar-refractivity contribution in [3.63, 3.8) is 0 Å². The first-order chi connectivity index (χ1) is 9.33. The molecule has 0 aliphatic carbocycles.